The molecule has 1 aliphatic rings. The van der Waals surface area contributed by atoms with Crippen LogP contribution in [0.5, 0.6) is 5.75 Å². The van der Waals surface area contributed by atoms with E-state index < -0.39 is 17.9 Å². The van der Waals surface area contributed by atoms with E-state index in [0.717, 1.165) is 0 Å². The largest absolute Gasteiger partial charge is 0.473 e. The zero-order valence-electron chi connectivity index (χ0n) is 10.6. The third-order valence-electron chi connectivity index (χ3n) is 3.12. The monoisotopic (exact) mass is 294 g/mol. The molecule has 0 aliphatic carbocycles. The molecule has 0 amide bonds. The molecule has 108 valence electrons. The summed E-state index contributed by atoms with van der Waals surface area (Å²) in [5.74, 6) is -4.35. The molecule has 0 fully saturated rings. The van der Waals surface area contributed by atoms with Gasteiger partial charge in [-0.2, -0.15) is 13.2 Å². The molecule has 1 atom stereocenters. The molecule has 3 nitrogen and oxygen atoms in total. The molecular weight excluding hydrogens is 285 g/mol. The molecule has 0 bridgehead atoms. The van der Waals surface area contributed by atoms with Gasteiger partial charge in [-0.3, -0.25) is 0 Å². The summed E-state index contributed by atoms with van der Waals surface area (Å²) in [6.45, 7) is 0. The first-order chi connectivity index (χ1) is 9.94. The van der Waals surface area contributed by atoms with Gasteiger partial charge >= 0.3 is 17.9 Å². The van der Waals surface area contributed by atoms with Crippen LogP contribution in [-0.2, 0) is 10.5 Å². The van der Waals surface area contributed by atoms with E-state index in [4.69, 9.17) is 4.74 Å². The van der Waals surface area contributed by atoms with E-state index in [1.54, 1.807) is 6.07 Å². The number of cyclic esters (lactones) is 1. The fourth-order valence-electron chi connectivity index (χ4n) is 2.14. The van der Waals surface area contributed by atoms with Crippen LogP contribution in [0.4, 0.5) is 13.2 Å². The van der Waals surface area contributed by atoms with Crippen LogP contribution in [0.1, 0.15) is 15.9 Å². The number of alkyl halides is 3. The average molecular weight is 294 g/mol. The molecule has 2 aromatic rings. The fraction of sp³-hybridized carbons (Fsp3) is 0.133. The minimum Gasteiger partial charge on any atom is -0.440 e. The quantitative estimate of drug-likeness (QED) is 0.753. The molecular formula is C15H9F3O3. The first-order valence-electron chi connectivity index (χ1n) is 6.08. The van der Waals surface area contributed by atoms with Gasteiger partial charge in [0.1, 0.15) is 11.3 Å². The van der Waals surface area contributed by atoms with E-state index in [1.165, 1.54) is 48.5 Å². The van der Waals surface area contributed by atoms with Gasteiger partial charge in [-0.05, 0) is 12.1 Å². The van der Waals surface area contributed by atoms with Crippen LogP contribution in [0.15, 0.2) is 54.6 Å². The first kappa shape index (κ1) is 13.5. The lowest BCUT2D eigenvalue weighted by Crippen LogP contribution is -2.53. The van der Waals surface area contributed by atoms with Crippen molar-refractivity contribution in [3.8, 4) is 5.75 Å². The summed E-state index contributed by atoms with van der Waals surface area (Å²) in [6.07, 6.45) is -4.92. The topological polar surface area (TPSA) is 35.5 Å². The summed E-state index contributed by atoms with van der Waals surface area (Å²) < 4.78 is 50.4. The lowest BCUT2D eigenvalue weighted by molar-refractivity contribution is -0.345. The number of hydrogen-bond acceptors (Lipinski definition) is 3. The third-order valence-corrected chi connectivity index (χ3v) is 3.12. The molecule has 0 saturated heterocycles. The number of hydrogen-bond donors (Lipinski definition) is 0. The van der Waals surface area contributed by atoms with Crippen molar-refractivity contribution in [1.29, 1.82) is 0 Å². The molecule has 1 heterocycles. The van der Waals surface area contributed by atoms with Crippen LogP contribution < -0.4 is 4.74 Å². The Labute approximate surface area is 117 Å². The Morgan fingerprint density at radius 1 is 0.857 bits per heavy atom. The predicted molar refractivity (Wildman–Crippen MR) is 66.7 cm³/mol. The van der Waals surface area contributed by atoms with Crippen molar-refractivity contribution in [3.05, 3.63) is 65.7 Å². The van der Waals surface area contributed by atoms with Crippen LogP contribution in [0, 0.1) is 0 Å². The Morgan fingerprint density at radius 2 is 1.48 bits per heavy atom. The summed E-state index contributed by atoms with van der Waals surface area (Å²) in [4.78, 5) is 11.9. The second kappa shape index (κ2) is 4.51. The van der Waals surface area contributed by atoms with E-state index in [1.807, 2.05) is 0 Å². The Balaban J connectivity index is 2.19. The van der Waals surface area contributed by atoms with Crippen LogP contribution >= 0.6 is 0 Å². The molecule has 0 spiro atoms. The number of carbonyl (C=O) groups is 1. The van der Waals surface area contributed by atoms with Crippen molar-refractivity contribution in [2.24, 2.45) is 0 Å². The van der Waals surface area contributed by atoms with Crippen molar-refractivity contribution in [3.63, 3.8) is 0 Å². The van der Waals surface area contributed by atoms with E-state index in [-0.39, 0.29) is 16.9 Å². The summed E-state index contributed by atoms with van der Waals surface area (Å²) in [6, 6.07) is 12.5. The maximum absolute atomic E-state index is 13.5. The maximum Gasteiger partial charge on any atom is 0.473 e. The van der Waals surface area contributed by atoms with Crippen molar-refractivity contribution in [2.75, 3.05) is 0 Å². The number of para-hydroxylation sites is 1. The zero-order valence-corrected chi connectivity index (χ0v) is 10.6. The molecule has 1 aliphatic heterocycles. The zero-order chi connectivity index (χ0) is 15.1. The van der Waals surface area contributed by atoms with Crippen LogP contribution in [0.2, 0.25) is 0 Å². The van der Waals surface area contributed by atoms with Gasteiger partial charge < -0.3 is 9.47 Å². The number of rotatable bonds is 1. The minimum absolute atomic E-state index is 0.0340. The van der Waals surface area contributed by atoms with Crippen LogP contribution in [0.25, 0.3) is 0 Å². The Kier molecular flexibility index (Phi) is 2.90. The maximum atomic E-state index is 13.5. The number of fused-ring (bicyclic) bond motifs is 1. The van der Waals surface area contributed by atoms with Gasteiger partial charge in [0.25, 0.3) is 0 Å². The summed E-state index contributed by atoms with van der Waals surface area (Å²) in [7, 11) is 0. The molecule has 0 saturated carbocycles. The van der Waals surface area contributed by atoms with E-state index in [9.17, 15) is 18.0 Å². The number of ether oxygens (including phenoxy) is 2. The molecule has 6 heteroatoms. The van der Waals surface area contributed by atoms with Crippen molar-refractivity contribution >= 4 is 5.97 Å². The second-order valence-electron chi connectivity index (χ2n) is 4.47. The van der Waals surface area contributed by atoms with Gasteiger partial charge in [-0.15, -0.1) is 0 Å². The minimum atomic E-state index is -4.92. The number of halogens is 3. The number of esters is 1. The van der Waals surface area contributed by atoms with Gasteiger partial charge in [0.2, 0.25) is 0 Å². The molecule has 21 heavy (non-hydrogen) atoms. The lowest BCUT2D eigenvalue weighted by Gasteiger charge is -2.38. The smallest absolute Gasteiger partial charge is 0.440 e. The Morgan fingerprint density at radius 3 is 2.14 bits per heavy atom. The standard InChI is InChI=1S/C15H9F3O3/c16-15(17,18)14(10-6-2-1-3-7-10)20-12-9-5-4-8-11(12)13(19)21-14/h1-9H/t14-/m0/s1. The SMILES string of the molecule is O=C1O[C@@](c2ccccc2)(C(F)(F)F)Oc2ccccc21. The van der Waals surface area contributed by atoms with Crippen LogP contribution in [-0.4, -0.2) is 12.1 Å². The third kappa shape index (κ3) is 2.03. The molecule has 0 aromatic heterocycles. The average Bonchev–Trinajstić information content (AvgIpc) is 2.47. The molecule has 0 unspecified atom stereocenters. The summed E-state index contributed by atoms with van der Waals surface area (Å²) >= 11 is 0. The molecule has 3 rings (SSSR count). The molecule has 2 aromatic carbocycles. The van der Waals surface area contributed by atoms with E-state index >= 15 is 0 Å². The molecule has 0 N–H and O–H groups in total. The number of carbonyl (C=O) groups excluding carboxylic acids is 1. The summed E-state index contributed by atoms with van der Waals surface area (Å²) in [5, 5.41) is 0. The fourth-order valence-corrected chi connectivity index (χ4v) is 2.14. The van der Waals surface area contributed by atoms with Crippen molar-refractivity contribution < 1.29 is 27.4 Å². The van der Waals surface area contributed by atoms with E-state index in [0.29, 0.717) is 0 Å². The van der Waals surface area contributed by atoms with Gasteiger partial charge in [0, 0.05) is 5.56 Å². The predicted octanol–water partition coefficient (Wildman–Crippen LogP) is 3.65. The molecule has 0 radical (unpaired) electrons. The van der Waals surface area contributed by atoms with Gasteiger partial charge in [0.15, 0.2) is 0 Å². The van der Waals surface area contributed by atoms with Gasteiger partial charge in [-0.1, -0.05) is 42.5 Å². The van der Waals surface area contributed by atoms with Gasteiger partial charge in [-0.25, -0.2) is 4.79 Å². The Bertz CT molecular complexity index is 682. The highest BCUT2D eigenvalue weighted by Gasteiger charge is 2.64. The summed E-state index contributed by atoms with van der Waals surface area (Å²) in [5.41, 5.74) is -0.325. The first-order valence-corrected chi connectivity index (χ1v) is 6.08. The van der Waals surface area contributed by atoms with Crippen molar-refractivity contribution in [2.45, 2.75) is 12.0 Å². The second-order valence-corrected chi connectivity index (χ2v) is 4.47. The highest BCUT2D eigenvalue weighted by atomic mass is 19.4. The Hall–Kier alpha value is -2.50. The van der Waals surface area contributed by atoms with E-state index in [2.05, 4.69) is 4.74 Å². The van der Waals surface area contributed by atoms with Crippen LogP contribution in [0.3, 0.4) is 0 Å². The highest BCUT2D eigenvalue weighted by molar-refractivity contribution is 5.93. The lowest BCUT2D eigenvalue weighted by atomic mass is 10.0. The normalized spacial score (nSPS) is 21.2. The number of benzene rings is 2. The van der Waals surface area contributed by atoms with Gasteiger partial charge in [0.05, 0.1) is 0 Å². The highest BCUT2D eigenvalue weighted by Crippen LogP contribution is 2.47. The van der Waals surface area contributed by atoms with Crippen molar-refractivity contribution in [1.82, 2.24) is 0 Å².